The predicted octanol–water partition coefficient (Wildman–Crippen LogP) is 2.52. The van der Waals surface area contributed by atoms with Crippen molar-refractivity contribution in [3.05, 3.63) is 29.7 Å². The zero-order valence-corrected chi connectivity index (χ0v) is 9.35. The molecule has 1 aliphatic rings. The summed E-state index contributed by atoms with van der Waals surface area (Å²) in [5, 5.41) is 4.75. The molecule has 0 unspecified atom stereocenters. The van der Waals surface area contributed by atoms with Crippen molar-refractivity contribution in [3.63, 3.8) is 0 Å². The van der Waals surface area contributed by atoms with Crippen molar-refractivity contribution < 1.29 is 0 Å². The smallest absolute Gasteiger partial charge is 0.129 e. The third kappa shape index (κ3) is 1.65. The van der Waals surface area contributed by atoms with E-state index in [1.165, 1.54) is 12.8 Å². The van der Waals surface area contributed by atoms with E-state index in [0.717, 1.165) is 5.56 Å². The molecular weight excluding hydrogens is 224 g/mol. The Bertz CT molecular complexity index is 531. The molecule has 1 aliphatic carbocycles. The average Bonchev–Trinajstić information content (AvgIpc) is 3.01. The van der Waals surface area contributed by atoms with Crippen molar-refractivity contribution in [1.29, 1.82) is 0 Å². The van der Waals surface area contributed by atoms with Crippen molar-refractivity contribution >= 4 is 17.3 Å². The van der Waals surface area contributed by atoms with E-state index >= 15 is 0 Å². The summed E-state index contributed by atoms with van der Waals surface area (Å²) in [5.74, 6) is 0. The van der Waals surface area contributed by atoms with Gasteiger partial charge in [-0.05, 0) is 25.0 Å². The maximum atomic E-state index is 5.86. The monoisotopic (exact) mass is 234 g/mol. The lowest BCUT2D eigenvalue weighted by Crippen LogP contribution is -1.94. The number of nitrogens with zero attached hydrogens (tertiary/aromatic N) is 3. The lowest BCUT2D eigenvalue weighted by molar-refractivity contribution is 0.642. The highest BCUT2D eigenvalue weighted by molar-refractivity contribution is 6.29. The second-order valence-electron chi connectivity index (χ2n) is 4.01. The molecule has 0 aliphatic heterocycles. The third-order valence-corrected chi connectivity index (χ3v) is 2.90. The summed E-state index contributed by atoms with van der Waals surface area (Å²) in [4.78, 5) is 4.22. The van der Waals surface area contributed by atoms with Crippen LogP contribution < -0.4 is 5.73 Å². The number of anilines is 1. The molecule has 1 saturated carbocycles. The maximum absolute atomic E-state index is 5.86. The first-order chi connectivity index (χ1) is 7.74. The van der Waals surface area contributed by atoms with Crippen molar-refractivity contribution in [3.8, 4) is 11.3 Å². The Morgan fingerprint density at radius 3 is 2.94 bits per heavy atom. The van der Waals surface area contributed by atoms with Crippen LogP contribution in [-0.4, -0.2) is 14.8 Å². The van der Waals surface area contributed by atoms with Gasteiger partial charge in [0.1, 0.15) is 5.15 Å². The van der Waals surface area contributed by atoms with Gasteiger partial charge in [0.05, 0.1) is 23.6 Å². The molecule has 0 radical (unpaired) electrons. The number of pyridine rings is 1. The molecule has 0 bridgehead atoms. The molecule has 16 heavy (non-hydrogen) atoms. The zero-order chi connectivity index (χ0) is 11.1. The van der Waals surface area contributed by atoms with Gasteiger partial charge in [-0.25, -0.2) is 4.98 Å². The largest absolute Gasteiger partial charge is 0.397 e. The third-order valence-electron chi connectivity index (χ3n) is 2.69. The van der Waals surface area contributed by atoms with E-state index in [1.54, 1.807) is 18.3 Å². The summed E-state index contributed by atoms with van der Waals surface area (Å²) in [6, 6.07) is 4.01. The van der Waals surface area contributed by atoms with E-state index in [9.17, 15) is 0 Å². The molecule has 0 saturated heterocycles. The Kier molecular flexibility index (Phi) is 2.11. The van der Waals surface area contributed by atoms with E-state index in [0.29, 0.717) is 22.6 Å². The van der Waals surface area contributed by atoms with Gasteiger partial charge < -0.3 is 5.73 Å². The van der Waals surface area contributed by atoms with Crippen LogP contribution in [0.3, 0.4) is 0 Å². The molecule has 0 atom stereocenters. The molecule has 5 heteroatoms. The van der Waals surface area contributed by atoms with Crippen LogP contribution in [0.5, 0.6) is 0 Å². The summed E-state index contributed by atoms with van der Waals surface area (Å²) in [6.07, 6.45) is 6.18. The molecule has 0 aromatic carbocycles. The van der Waals surface area contributed by atoms with Crippen LogP contribution in [0.1, 0.15) is 18.9 Å². The molecule has 82 valence electrons. The van der Waals surface area contributed by atoms with Gasteiger partial charge in [-0.2, -0.15) is 5.10 Å². The van der Waals surface area contributed by atoms with Crippen LogP contribution in [0.25, 0.3) is 11.3 Å². The molecule has 3 rings (SSSR count). The van der Waals surface area contributed by atoms with Crippen LogP contribution in [-0.2, 0) is 0 Å². The SMILES string of the molecule is Nc1ccc(Cl)nc1-c1cnn(C2CC2)c1. The van der Waals surface area contributed by atoms with E-state index in [2.05, 4.69) is 10.1 Å². The highest BCUT2D eigenvalue weighted by Gasteiger charge is 2.24. The van der Waals surface area contributed by atoms with Gasteiger partial charge >= 0.3 is 0 Å². The van der Waals surface area contributed by atoms with Gasteiger partial charge in [0.25, 0.3) is 0 Å². The van der Waals surface area contributed by atoms with Crippen LogP contribution in [0.2, 0.25) is 5.15 Å². The summed E-state index contributed by atoms with van der Waals surface area (Å²) < 4.78 is 1.97. The summed E-state index contributed by atoms with van der Waals surface area (Å²) in [7, 11) is 0. The van der Waals surface area contributed by atoms with Gasteiger partial charge in [0, 0.05) is 11.8 Å². The number of nitrogens with two attached hydrogens (primary N) is 1. The molecule has 0 spiro atoms. The first-order valence-corrected chi connectivity index (χ1v) is 5.58. The molecule has 0 amide bonds. The van der Waals surface area contributed by atoms with Crippen LogP contribution in [0.4, 0.5) is 5.69 Å². The number of hydrogen-bond acceptors (Lipinski definition) is 3. The van der Waals surface area contributed by atoms with Crippen molar-refractivity contribution in [2.75, 3.05) is 5.73 Å². The lowest BCUT2D eigenvalue weighted by atomic mass is 10.2. The van der Waals surface area contributed by atoms with E-state index in [1.807, 2.05) is 10.9 Å². The average molecular weight is 235 g/mol. The van der Waals surface area contributed by atoms with Crippen LogP contribution in [0.15, 0.2) is 24.5 Å². The van der Waals surface area contributed by atoms with E-state index < -0.39 is 0 Å². The van der Waals surface area contributed by atoms with Gasteiger partial charge in [-0.15, -0.1) is 0 Å². The molecule has 2 aromatic rings. The van der Waals surface area contributed by atoms with Gasteiger partial charge in [0.15, 0.2) is 0 Å². The Morgan fingerprint density at radius 2 is 2.19 bits per heavy atom. The Morgan fingerprint density at radius 1 is 1.38 bits per heavy atom. The van der Waals surface area contributed by atoms with Crippen molar-refractivity contribution in [2.45, 2.75) is 18.9 Å². The summed E-state index contributed by atoms with van der Waals surface area (Å²) in [6.45, 7) is 0. The highest BCUT2D eigenvalue weighted by Crippen LogP contribution is 2.35. The Labute approximate surface area is 98.0 Å². The fourth-order valence-corrected chi connectivity index (χ4v) is 1.82. The Hall–Kier alpha value is -1.55. The second-order valence-corrected chi connectivity index (χ2v) is 4.40. The van der Waals surface area contributed by atoms with E-state index in [4.69, 9.17) is 17.3 Å². The Balaban J connectivity index is 2.03. The van der Waals surface area contributed by atoms with E-state index in [-0.39, 0.29) is 0 Å². The minimum Gasteiger partial charge on any atom is -0.397 e. The van der Waals surface area contributed by atoms with Crippen molar-refractivity contribution in [2.24, 2.45) is 0 Å². The molecular formula is C11H11ClN4. The lowest BCUT2D eigenvalue weighted by Gasteiger charge is -2.01. The summed E-state index contributed by atoms with van der Waals surface area (Å²) >= 11 is 5.85. The minimum absolute atomic E-state index is 0.448. The molecule has 4 nitrogen and oxygen atoms in total. The minimum atomic E-state index is 0.448. The number of nitrogen functional groups attached to an aromatic ring is 1. The summed E-state index contributed by atoms with van der Waals surface area (Å²) in [5.41, 5.74) is 8.12. The normalized spacial score (nSPS) is 15.3. The number of halogens is 1. The topological polar surface area (TPSA) is 56.7 Å². The molecule has 2 aromatic heterocycles. The quantitative estimate of drug-likeness (QED) is 0.813. The predicted molar refractivity (Wildman–Crippen MR) is 63.2 cm³/mol. The second kappa shape index (κ2) is 3.49. The van der Waals surface area contributed by atoms with Crippen molar-refractivity contribution in [1.82, 2.24) is 14.8 Å². The van der Waals surface area contributed by atoms with Gasteiger partial charge in [0.2, 0.25) is 0 Å². The number of hydrogen-bond donors (Lipinski definition) is 1. The number of aromatic nitrogens is 3. The zero-order valence-electron chi connectivity index (χ0n) is 8.60. The highest BCUT2D eigenvalue weighted by atomic mass is 35.5. The van der Waals surface area contributed by atoms with Crippen LogP contribution >= 0.6 is 11.6 Å². The molecule has 2 N–H and O–H groups in total. The first-order valence-electron chi connectivity index (χ1n) is 5.20. The van der Waals surface area contributed by atoms with Gasteiger partial charge in [-0.3, -0.25) is 4.68 Å². The number of rotatable bonds is 2. The fraction of sp³-hybridized carbons (Fsp3) is 0.273. The fourth-order valence-electron chi connectivity index (χ4n) is 1.68. The standard InChI is InChI=1S/C11H11ClN4/c12-10-4-3-9(13)11(15-10)7-5-14-16(6-7)8-1-2-8/h3-6,8H,1-2,13H2. The maximum Gasteiger partial charge on any atom is 0.129 e. The van der Waals surface area contributed by atoms with Crippen LogP contribution in [0, 0.1) is 0 Å². The first kappa shape index (κ1) is 9.66. The van der Waals surface area contributed by atoms with Gasteiger partial charge in [-0.1, -0.05) is 11.6 Å². The molecule has 2 heterocycles. The molecule has 1 fully saturated rings.